The number of nitrogens with one attached hydrogen (secondary N) is 1. The molecule has 0 radical (unpaired) electrons. The van der Waals surface area contributed by atoms with Gasteiger partial charge in [-0.15, -0.1) is 0 Å². The maximum Gasteiger partial charge on any atom is 0.476 e. The Balaban J connectivity index is 0.00000544. The van der Waals surface area contributed by atoms with Crippen molar-refractivity contribution in [2.24, 2.45) is 5.11 Å². The van der Waals surface area contributed by atoms with E-state index < -0.39 is 63.5 Å². The average Bonchev–Trinajstić information content (AvgIpc) is 3.05. The molecule has 1 fully saturated rings. The summed E-state index contributed by atoms with van der Waals surface area (Å²) >= 11 is 0. The molecule has 186 valence electrons. The summed E-state index contributed by atoms with van der Waals surface area (Å²) in [6.45, 7) is 0.738. The Morgan fingerprint density at radius 2 is 2.06 bits per heavy atom. The topological polar surface area (TPSA) is 287 Å². The third-order valence-corrected chi connectivity index (χ3v) is 6.94. The van der Waals surface area contributed by atoms with Crippen LogP contribution in [0.1, 0.15) is 18.2 Å². The molecule has 18 nitrogen and oxygen atoms in total. The Hall–Kier alpha value is -2.36. The summed E-state index contributed by atoms with van der Waals surface area (Å²) in [4.78, 5) is 67.6. The first-order chi connectivity index (χ1) is 14.8. The lowest BCUT2D eigenvalue weighted by molar-refractivity contribution is -0.151. The van der Waals surface area contributed by atoms with Crippen molar-refractivity contribution < 1.29 is 47.1 Å². The van der Waals surface area contributed by atoms with Crippen molar-refractivity contribution in [2.45, 2.75) is 37.6 Å². The standard InChI is InChI=1S/C13H19N5O12P2.H3N/c1-6-4-18(13(21)15-10(6)19)9-3-7(16-17-14)8(29-9)5-28-12(11(20)27-2)31(22,23)30-32(24,25)26;/h4,7-9,12H,3,5H2,1-2H3,(H,22,23)(H,15,19,21)(H2,24,25,26);1H3/t7-,8+,9+,12?;/m0./s1. The van der Waals surface area contributed by atoms with E-state index in [0.717, 1.165) is 11.7 Å². The number of esters is 1. The number of carbonyl (C=O) groups excluding carboxylic acids is 1. The van der Waals surface area contributed by atoms with Gasteiger partial charge in [0.25, 0.3) is 11.4 Å². The Morgan fingerprint density at radius 3 is 2.61 bits per heavy atom. The number of aryl methyl sites for hydroxylation is 1. The maximum absolute atomic E-state index is 12.2. The van der Waals surface area contributed by atoms with E-state index >= 15 is 0 Å². The van der Waals surface area contributed by atoms with Crippen LogP contribution in [0.2, 0.25) is 0 Å². The lowest BCUT2D eigenvalue weighted by Crippen LogP contribution is -2.34. The van der Waals surface area contributed by atoms with E-state index in [1.165, 1.54) is 13.1 Å². The van der Waals surface area contributed by atoms with Gasteiger partial charge in [0, 0.05) is 23.1 Å². The second-order valence-electron chi connectivity index (χ2n) is 6.46. The highest BCUT2D eigenvalue weighted by Gasteiger charge is 2.47. The number of methoxy groups -OCH3 is 1. The van der Waals surface area contributed by atoms with E-state index in [0.29, 0.717) is 0 Å². The molecule has 0 bridgehead atoms. The smallest absolute Gasteiger partial charge is 0.467 e. The van der Waals surface area contributed by atoms with E-state index in [4.69, 9.17) is 24.8 Å². The highest BCUT2D eigenvalue weighted by atomic mass is 31.3. The van der Waals surface area contributed by atoms with Crippen molar-refractivity contribution >= 4 is 21.4 Å². The summed E-state index contributed by atoms with van der Waals surface area (Å²) in [7, 11) is -10.1. The highest BCUT2D eigenvalue weighted by molar-refractivity contribution is 7.64. The van der Waals surface area contributed by atoms with E-state index in [1.54, 1.807) is 0 Å². The fourth-order valence-electron chi connectivity index (χ4n) is 2.80. The first kappa shape index (κ1) is 28.7. The van der Waals surface area contributed by atoms with Gasteiger partial charge in [-0.05, 0) is 12.5 Å². The lowest BCUT2D eigenvalue weighted by Gasteiger charge is -2.23. The van der Waals surface area contributed by atoms with Gasteiger partial charge in [-0.25, -0.2) is 18.5 Å². The van der Waals surface area contributed by atoms with Crippen molar-refractivity contribution in [1.29, 1.82) is 0 Å². The molecule has 0 aromatic carbocycles. The van der Waals surface area contributed by atoms with Crippen molar-refractivity contribution in [3.8, 4) is 0 Å². The molecule has 1 saturated heterocycles. The van der Waals surface area contributed by atoms with Gasteiger partial charge in [0.15, 0.2) is 0 Å². The van der Waals surface area contributed by atoms with Crippen LogP contribution in [-0.4, -0.2) is 61.9 Å². The third kappa shape index (κ3) is 7.31. The average molecular weight is 516 g/mol. The summed E-state index contributed by atoms with van der Waals surface area (Å²) in [5.41, 5.74) is 7.55. The lowest BCUT2D eigenvalue weighted by atomic mass is 10.1. The fourth-order valence-corrected chi connectivity index (χ4v) is 5.01. The first-order valence-electron chi connectivity index (χ1n) is 8.59. The minimum absolute atomic E-state index is 0. The first-order valence-corrected chi connectivity index (χ1v) is 11.8. The van der Waals surface area contributed by atoms with Gasteiger partial charge in [0.2, 0.25) is 0 Å². The van der Waals surface area contributed by atoms with Crippen LogP contribution in [0.5, 0.6) is 0 Å². The zero-order valence-corrected chi connectivity index (χ0v) is 19.0. The molecule has 5 atom stereocenters. The number of carbonyl (C=O) groups is 1. The molecule has 20 heteroatoms. The minimum atomic E-state index is -5.49. The number of rotatable bonds is 9. The summed E-state index contributed by atoms with van der Waals surface area (Å²) in [6, 6.07) is -0.983. The van der Waals surface area contributed by atoms with Gasteiger partial charge < -0.3 is 35.0 Å². The number of azide groups is 1. The summed E-state index contributed by atoms with van der Waals surface area (Å²) < 4.78 is 42.8. The van der Waals surface area contributed by atoms with Gasteiger partial charge in [0.1, 0.15) is 6.23 Å². The van der Waals surface area contributed by atoms with E-state index in [1.807, 2.05) is 0 Å². The molecule has 0 saturated carbocycles. The van der Waals surface area contributed by atoms with Gasteiger partial charge in [0.05, 0.1) is 25.9 Å². The molecule has 2 rings (SSSR count). The number of H-pyrrole nitrogens is 1. The predicted molar refractivity (Wildman–Crippen MR) is 107 cm³/mol. The van der Waals surface area contributed by atoms with Gasteiger partial charge in [-0.1, -0.05) is 5.11 Å². The van der Waals surface area contributed by atoms with Crippen LogP contribution in [-0.2, 0) is 32.4 Å². The normalized spacial score (nSPS) is 23.0. The molecule has 0 amide bonds. The van der Waals surface area contributed by atoms with E-state index in [-0.39, 0.29) is 18.1 Å². The second-order valence-corrected chi connectivity index (χ2v) is 9.69. The number of hydrogen-bond donors (Lipinski definition) is 5. The molecule has 0 spiro atoms. The molecule has 1 aliphatic heterocycles. The van der Waals surface area contributed by atoms with Crippen LogP contribution in [0.4, 0.5) is 0 Å². The summed E-state index contributed by atoms with van der Waals surface area (Å²) in [5.74, 6) is -3.95. The molecule has 33 heavy (non-hydrogen) atoms. The number of phosphoric acid groups is 1. The van der Waals surface area contributed by atoms with E-state index in [9.17, 15) is 28.4 Å². The fraction of sp³-hybridized carbons (Fsp3) is 0.615. The zero-order valence-electron chi connectivity index (χ0n) is 17.2. The number of hydrogen-bond acceptors (Lipinski definition) is 11. The predicted octanol–water partition coefficient (Wildman–Crippen LogP) is -0.216. The Morgan fingerprint density at radius 1 is 1.42 bits per heavy atom. The monoisotopic (exact) mass is 516 g/mol. The number of nitrogens with zero attached hydrogens (tertiary/aromatic N) is 4. The third-order valence-electron chi connectivity index (χ3n) is 4.20. The zero-order chi connectivity index (χ0) is 24.3. The van der Waals surface area contributed by atoms with Crippen molar-refractivity contribution in [3.05, 3.63) is 43.0 Å². The highest BCUT2D eigenvalue weighted by Crippen LogP contribution is 2.60. The van der Waals surface area contributed by atoms with Crippen LogP contribution in [0.3, 0.4) is 0 Å². The van der Waals surface area contributed by atoms with Crippen LogP contribution >= 0.6 is 15.4 Å². The molecule has 1 aromatic heterocycles. The minimum Gasteiger partial charge on any atom is -0.467 e. The van der Waals surface area contributed by atoms with Crippen LogP contribution in [0.25, 0.3) is 10.4 Å². The quantitative estimate of drug-likeness (QED) is 0.0934. The van der Waals surface area contributed by atoms with E-state index in [2.05, 4.69) is 24.1 Å². The number of aromatic nitrogens is 2. The SMILES string of the molecule is COC(=O)C(OC[C@H]1O[C@@H](n2cc(C)c(=O)[nH]c2=O)C[C@@H]1N=[N+]=[N-])P(=O)(O)OP(=O)(O)O.N. The Kier molecular flexibility index (Phi) is 9.71. The molecular formula is C13H22N6O12P2. The summed E-state index contributed by atoms with van der Waals surface area (Å²) in [6.07, 6.45) is -1.06. The Bertz CT molecular complexity index is 1120. The molecule has 2 unspecified atom stereocenters. The second kappa shape index (κ2) is 11.2. The van der Waals surface area contributed by atoms with Gasteiger partial charge >= 0.3 is 27.1 Å². The Labute approximate surface area is 184 Å². The van der Waals surface area contributed by atoms with Crippen molar-refractivity contribution in [3.63, 3.8) is 0 Å². The molecule has 1 aromatic rings. The number of ether oxygens (including phenoxy) is 3. The van der Waals surface area contributed by atoms with Crippen molar-refractivity contribution in [2.75, 3.05) is 13.7 Å². The molecule has 0 aliphatic carbocycles. The van der Waals surface area contributed by atoms with Crippen LogP contribution in [0, 0.1) is 6.92 Å². The maximum atomic E-state index is 12.2. The molecule has 1 aliphatic rings. The van der Waals surface area contributed by atoms with Gasteiger partial charge in [-0.3, -0.25) is 18.9 Å². The molecular weight excluding hydrogens is 494 g/mol. The van der Waals surface area contributed by atoms with Crippen LogP contribution in [0.15, 0.2) is 20.9 Å². The molecule has 7 N–H and O–H groups in total. The van der Waals surface area contributed by atoms with Gasteiger partial charge in [-0.2, -0.15) is 0 Å². The van der Waals surface area contributed by atoms with Crippen LogP contribution < -0.4 is 17.4 Å². The largest absolute Gasteiger partial charge is 0.476 e. The molecule has 2 heterocycles. The number of aromatic amines is 1. The van der Waals surface area contributed by atoms with Crippen molar-refractivity contribution in [1.82, 2.24) is 15.7 Å². The summed E-state index contributed by atoms with van der Waals surface area (Å²) in [5, 5.41) is 3.50.